The molecule has 0 bridgehead atoms. The molecule has 2 rings (SSSR count). The van der Waals surface area contributed by atoms with Crippen molar-refractivity contribution in [3.63, 3.8) is 0 Å². The Balaban J connectivity index is 2.15. The van der Waals surface area contributed by atoms with Crippen LogP contribution in [0.4, 0.5) is 0 Å². The maximum Gasteiger partial charge on any atom is 0.261 e. The van der Waals surface area contributed by atoms with Crippen LogP contribution in [0.25, 0.3) is 0 Å². The standard InChI is InChI=1S/C21H23BrCl2N2O3/c1-3-9-25-21(28)14(2)26(12-15-5-4-6-17(23)10-15)20(27)13-29-19-8-7-16(22)11-18(19)24/h4-8,10-11,14H,3,9,12-13H2,1-2H3,(H,25,28)/t14-/m1/s1. The third kappa shape index (κ3) is 7.21. The number of halogens is 3. The summed E-state index contributed by atoms with van der Waals surface area (Å²) in [6.45, 7) is 4.20. The van der Waals surface area contributed by atoms with Gasteiger partial charge in [0.25, 0.3) is 5.91 Å². The minimum Gasteiger partial charge on any atom is -0.482 e. The number of rotatable bonds is 9. The average molecular weight is 502 g/mol. The van der Waals surface area contributed by atoms with Gasteiger partial charge in [0.05, 0.1) is 5.02 Å². The molecule has 0 saturated carbocycles. The SMILES string of the molecule is CCCNC(=O)[C@@H](C)N(Cc1cccc(Cl)c1)C(=O)COc1ccc(Br)cc1Cl. The van der Waals surface area contributed by atoms with Crippen molar-refractivity contribution in [1.29, 1.82) is 0 Å². The molecule has 0 unspecified atom stereocenters. The van der Waals surface area contributed by atoms with Crippen LogP contribution in [-0.2, 0) is 16.1 Å². The Labute approximate surface area is 189 Å². The fourth-order valence-electron chi connectivity index (χ4n) is 2.63. The lowest BCUT2D eigenvalue weighted by molar-refractivity contribution is -0.142. The molecule has 2 amide bonds. The van der Waals surface area contributed by atoms with Crippen molar-refractivity contribution in [1.82, 2.24) is 10.2 Å². The van der Waals surface area contributed by atoms with Crippen molar-refractivity contribution < 1.29 is 14.3 Å². The van der Waals surface area contributed by atoms with Crippen molar-refractivity contribution in [3.8, 4) is 5.75 Å². The molecule has 0 aliphatic rings. The van der Waals surface area contributed by atoms with E-state index in [1.807, 2.05) is 13.0 Å². The highest BCUT2D eigenvalue weighted by Crippen LogP contribution is 2.27. The van der Waals surface area contributed by atoms with E-state index in [1.54, 1.807) is 43.3 Å². The van der Waals surface area contributed by atoms with E-state index in [9.17, 15) is 9.59 Å². The second kappa shape index (κ2) is 11.4. The molecular weight excluding hydrogens is 479 g/mol. The van der Waals surface area contributed by atoms with Crippen LogP contribution < -0.4 is 10.1 Å². The maximum atomic E-state index is 12.9. The Morgan fingerprint density at radius 2 is 1.97 bits per heavy atom. The summed E-state index contributed by atoms with van der Waals surface area (Å²) in [5.41, 5.74) is 0.822. The molecule has 0 aromatic heterocycles. The first-order chi connectivity index (χ1) is 13.8. The van der Waals surface area contributed by atoms with Gasteiger partial charge in [0.15, 0.2) is 6.61 Å². The van der Waals surface area contributed by atoms with Gasteiger partial charge < -0.3 is 15.0 Å². The van der Waals surface area contributed by atoms with Gasteiger partial charge >= 0.3 is 0 Å². The third-order valence-corrected chi connectivity index (χ3v) is 5.23. The van der Waals surface area contributed by atoms with Crippen LogP contribution in [0.3, 0.4) is 0 Å². The minimum absolute atomic E-state index is 0.219. The summed E-state index contributed by atoms with van der Waals surface area (Å²) in [6.07, 6.45) is 0.811. The fourth-order valence-corrected chi connectivity index (χ4v) is 3.57. The summed E-state index contributed by atoms with van der Waals surface area (Å²) in [5, 5.41) is 3.78. The first-order valence-corrected chi connectivity index (χ1v) is 10.8. The van der Waals surface area contributed by atoms with Gasteiger partial charge in [-0.25, -0.2) is 0 Å². The summed E-state index contributed by atoms with van der Waals surface area (Å²) in [4.78, 5) is 26.9. The molecule has 0 aliphatic carbocycles. The van der Waals surface area contributed by atoms with Crippen molar-refractivity contribution in [2.75, 3.05) is 13.2 Å². The van der Waals surface area contributed by atoms with E-state index in [0.717, 1.165) is 16.5 Å². The normalized spacial score (nSPS) is 11.6. The fraction of sp³-hybridized carbons (Fsp3) is 0.333. The number of carbonyl (C=O) groups is 2. The molecule has 0 saturated heterocycles. The van der Waals surface area contributed by atoms with Gasteiger partial charge in [-0.3, -0.25) is 9.59 Å². The average Bonchev–Trinajstić information content (AvgIpc) is 2.69. The van der Waals surface area contributed by atoms with E-state index in [-0.39, 0.29) is 25.0 Å². The smallest absolute Gasteiger partial charge is 0.261 e. The van der Waals surface area contributed by atoms with E-state index in [1.165, 1.54) is 4.90 Å². The highest BCUT2D eigenvalue weighted by Gasteiger charge is 2.26. The highest BCUT2D eigenvalue weighted by atomic mass is 79.9. The number of carbonyl (C=O) groups excluding carboxylic acids is 2. The first kappa shape index (κ1) is 23.5. The largest absolute Gasteiger partial charge is 0.482 e. The van der Waals surface area contributed by atoms with Crippen LogP contribution in [0.5, 0.6) is 5.75 Å². The lowest BCUT2D eigenvalue weighted by atomic mass is 10.1. The van der Waals surface area contributed by atoms with E-state index >= 15 is 0 Å². The lowest BCUT2D eigenvalue weighted by Crippen LogP contribution is -2.49. The summed E-state index contributed by atoms with van der Waals surface area (Å²) in [7, 11) is 0. The number of nitrogens with one attached hydrogen (secondary N) is 1. The van der Waals surface area contributed by atoms with Crippen LogP contribution in [0.15, 0.2) is 46.9 Å². The molecule has 1 N–H and O–H groups in total. The molecule has 0 radical (unpaired) electrons. The van der Waals surface area contributed by atoms with Crippen LogP contribution in [0.2, 0.25) is 10.0 Å². The molecule has 1 atom stereocenters. The maximum absolute atomic E-state index is 12.9. The number of nitrogens with zero attached hydrogens (tertiary/aromatic N) is 1. The Bertz CT molecular complexity index is 864. The van der Waals surface area contributed by atoms with Crippen LogP contribution in [-0.4, -0.2) is 35.9 Å². The Morgan fingerprint density at radius 1 is 1.21 bits per heavy atom. The summed E-state index contributed by atoms with van der Waals surface area (Å²) < 4.78 is 6.42. The van der Waals surface area contributed by atoms with Gasteiger partial charge in [0.1, 0.15) is 11.8 Å². The first-order valence-electron chi connectivity index (χ1n) is 9.21. The van der Waals surface area contributed by atoms with Gasteiger partial charge in [0, 0.05) is 22.6 Å². The molecule has 156 valence electrons. The minimum atomic E-state index is -0.669. The Morgan fingerprint density at radius 3 is 2.62 bits per heavy atom. The van der Waals surface area contributed by atoms with E-state index < -0.39 is 6.04 Å². The van der Waals surface area contributed by atoms with Gasteiger partial charge in [-0.1, -0.05) is 58.2 Å². The van der Waals surface area contributed by atoms with Crippen molar-refractivity contribution in [3.05, 3.63) is 62.5 Å². The second-order valence-corrected chi connectivity index (χ2v) is 8.24. The van der Waals surface area contributed by atoms with Crippen LogP contribution >= 0.6 is 39.1 Å². The number of hydrogen-bond acceptors (Lipinski definition) is 3. The summed E-state index contributed by atoms with van der Waals surface area (Å²) in [6, 6.07) is 11.7. The van der Waals surface area contributed by atoms with E-state index in [2.05, 4.69) is 21.2 Å². The van der Waals surface area contributed by atoms with Crippen LogP contribution in [0, 0.1) is 0 Å². The zero-order valence-corrected chi connectivity index (χ0v) is 19.4. The predicted molar refractivity (Wildman–Crippen MR) is 119 cm³/mol. The van der Waals surface area contributed by atoms with Gasteiger partial charge in [-0.05, 0) is 49.2 Å². The Hall–Kier alpha value is -1.76. The zero-order valence-electron chi connectivity index (χ0n) is 16.3. The van der Waals surface area contributed by atoms with Gasteiger partial charge in [-0.15, -0.1) is 0 Å². The molecular formula is C21H23BrCl2N2O3. The number of amides is 2. The summed E-state index contributed by atoms with van der Waals surface area (Å²) in [5.74, 6) is -0.152. The molecule has 0 aliphatic heterocycles. The molecule has 5 nitrogen and oxygen atoms in total. The molecule has 0 fully saturated rings. The van der Waals surface area contributed by atoms with Crippen molar-refractivity contribution >= 4 is 50.9 Å². The van der Waals surface area contributed by atoms with Crippen molar-refractivity contribution in [2.24, 2.45) is 0 Å². The van der Waals surface area contributed by atoms with Crippen molar-refractivity contribution in [2.45, 2.75) is 32.9 Å². The monoisotopic (exact) mass is 500 g/mol. The molecule has 2 aromatic rings. The highest BCUT2D eigenvalue weighted by molar-refractivity contribution is 9.10. The molecule has 8 heteroatoms. The zero-order chi connectivity index (χ0) is 21.4. The third-order valence-electron chi connectivity index (χ3n) is 4.20. The lowest BCUT2D eigenvalue weighted by Gasteiger charge is -2.28. The van der Waals surface area contributed by atoms with Crippen LogP contribution in [0.1, 0.15) is 25.8 Å². The second-order valence-electron chi connectivity index (χ2n) is 6.48. The van der Waals surface area contributed by atoms with Gasteiger partial charge in [-0.2, -0.15) is 0 Å². The molecule has 0 heterocycles. The molecule has 2 aromatic carbocycles. The quantitative estimate of drug-likeness (QED) is 0.521. The Kier molecular flexibility index (Phi) is 9.27. The van der Waals surface area contributed by atoms with Gasteiger partial charge in [0.2, 0.25) is 5.91 Å². The predicted octanol–water partition coefficient (Wildman–Crippen LogP) is 5.08. The van der Waals surface area contributed by atoms with E-state index in [0.29, 0.717) is 22.3 Å². The number of hydrogen-bond donors (Lipinski definition) is 1. The molecule has 0 spiro atoms. The number of benzene rings is 2. The summed E-state index contributed by atoms with van der Waals surface area (Å²) >= 11 is 15.5. The van der Waals surface area contributed by atoms with E-state index in [4.69, 9.17) is 27.9 Å². The topological polar surface area (TPSA) is 58.6 Å². The number of ether oxygens (including phenoxy) is 1. The molecule has 29 heavy (non-hydrogen) atoms.